The van der Waals surface area contributed by atoms with Gasteiger partial charge < -0.3 is 9.84 Å². The summed E-state index contributed by atoms with van der Waals surface area (Å²) in [6.07, 6.45) is 5.68. The second kappa shape index (κ2) is 7.31. The minimum Gasteiger partial charge on any atom is -0.493 e. The van der Waals surface area contributed by atoms with Gasteiger partial charge in [0, 0.05) is 17.3 Å². The summed E-state index contributed by atoms with van der Waals surface area (Å²) < 4.78 is 7.04. The predicted octanol–water partition coefficient (Wildman–Crippen LogP) is 3.67. The Bertz CT molecular complexity index is 1160. The van der Waals surface area contributed by atoms with Gasteiger partial charge in [-0.2, -0.15) is 0 Å². The minimum absolute atomic E-state index is 0.0635. The molecular weight excluding hydrogens is 356 g/mol. The second-order valence-corrected chi connectivity index (χ2v) is 6.69. The summed E-state index contributed by atoms with van der Waals surface area (Å²) in [5.74, 6) is -0.270. The average molecular weight is 376 g/mol. The van der Waals surface area contributed by atoms with E-state index in [1.807, 2.05) is 37.3 Å². The molecule has 0 spiro atoms. The van der Waals surface area contributed by atoms with Crippen LogP contribution in [0.3, 0.4) is 0 Å². The zero-order valence-corrected chi connectivity index (χ0v) is 15.5. The van der Waals surface area contributed by atoms with Crippen molar-refractivity contribution in [3.8, 4) is 5.75 Å². The van der Waals surface area contributed by atoms with Crippen molar-refractivity contribution in [2.24, 2.45) is 0 Å². The summed E-state index contributed by atoms with van der Waals surface area (Å²) in [5, 5.41) is 9.19. The number of allylic oxidation sites excluding steroid dienone is 1. The fourth-order valence-corrected chi connectivity index (χ4v) is 3.58. The second-order valence-electron chi connectivity index (χ2n) is 6.69. The van der Waals surface area contributed by atoms with Crippen LogP contribution in [0.2, 0.25) is 0 Å². The van der Waals surface area contributed by atoms with Crippen LogP contribution in [0, 0.1) is 0 Å². The Labute approximate surface area is 161 Å². The first kappa shape index (κ1) is 18.0. The van der Waals surface area contributed by atoms with Crippen molar-refractivity contribution >= 4 is 23.3 Å². The van der Waals surface area contributed by atoms with Crippen LogP contribution < -0.4 is 10.3 Å². The van der Waals surface area contributed by atoms with Gasteiger partial charge >= 0.3 is 5.97 Å². The van der Waals surface area contributed by atoms with Gasteiger partial charge in [0.25, 0.3) is 5.56 Å². The van der Waals surface area contributed by atoms with Gasteiger partial charge in [-0.3, -0.25) is 9.20 Å². The third-order valence-corrected chi connectivity index (χ3v) is 4.89. The van der Waals surface area contributed by atoms with Crippen molar-refractivity contribution in [1.82, 2.24) is 9.38 Å². The van der Waals surface area contributed by atoms with Gasteiger partial charge in [0.05, 0.1) is 17.9 Å². The van der Waals surface area contributed by atoms with E-state index >= 15 is 0 Å². The molecule has 0 bridgehead atoms. The molecule has 28 heavy (non-hydrogen) atoms. The standard InChI is InChI=1S/C22H20N2O4/c1-2-28-18-9-4-3-6-14(18)12-15-7-5-8-17-20(15)23-19-11-10-16(22(26)27)13-24(19)21(17)25/h3-4,6,9-13H,2,5,7-8H2,1H3,(H,26,27). The number of aromatic carboxylic acids is 1. The fourth-order valence-electron chi connectivity index (χ4n) is 3.58. The molecule has 142 valence electrons. The molecule has 0 radical (unpaired) electrons. The molecule has 2 heterocycles. The van der Waals surface area contributed by atoms with Crippen LogP contribution in [0.15, 0.2) is 47.4 Å². The van der Waals surface area contributed by atoms with Gasteiger partial charge in [-0.15, -0.1) is 0 Å². The molecule has 2 aromatic heterocycles. The number of rotatable bonds is 4. The average Bonchev–Trinajstić information content (AvgIpc) is 2.70. The summed E-state index contributed by atoms with van der Waals surface area (Å²) >= 11 is 0. The molecule has 0 saturated carbocycles. The van der Waals surface area contributed by atoms with Crippen molar-refractivity contribution < 1.29 is 14.6 Å². The molecule has 3 aromatic rings. The van der Waals surface area contributed by atoms with Gasteiger partial charge in [0.1, 0.15) is 11.4 Å². The maximum Gasteiger partial charge on any atom is 0.337 e. The number of carboxylic acids is 1. The van der Waals surface area contributed by atoms with E-state index in [1.54, 1.807) is 6.07 Å². The Morgan fingerprint density at radius 1 is 1.25 bits per heavy atom. The van der Waals surface area contributed by atoms with E-state index in [2.05, 4.69) is 0 Å². The van der Waals surface area contributed by atoms with E-state index in [0.717, 1.165) is 29.7 Å². The molecular formula is C22H20N2O4. The molecule has 0 unspecified atom stereocenters. The van der Waals surface area contributed by atoms with E-state index < -0.39 is 5.97 Å². The third-order valence-electron chi connectivity index (χ3n) is 4.89. The zero-order chi connectivity index (χ0) is 19.7. The summed E-state index contributed by atoms with van der Waals surface area (Å²) in [6, 6.07) is 10.8. The Morgan fingerprint density at radius 3 is 2.86 bits per heavy atom. The number of benzene rings is 1. The number of nitrogens with zero attached hydrogens (tertiary/aromatic N) is 2. The minimum atomic E-state index is -1.07. The zero-order valence-electron chi connectivity index (χ0n) is 15.5. The van der Waals surface area contributed by atoms with Crippen molar-refractivity contribution in [2.75, 3.05) is 6.61 Å². The van der Waals surface area contributed by atoms with Crippen LogP contribution in [0.4, 0.5) is 0 Å². The SMILES string of the molecule is CCOc1ccccc1C=C1CCCc2c1nc1ccc(C(=O)O)cn1c2=O. The van der Waals surface area contributed by atoms with E-state index in [1.165, 1.54) is 16.7 Å². The lowest BCUT2D eigenvalue weighted by Gasteiger charge is -2.19. The third kappa shape index (κ3) is 3.17. The van der Waals surface area contributed by atoms with Gasteiger partial charge in [-0.1, -0.05) is 18.2 Å². The van der Waals surface area contributed by atoms with E-state index in [4.69, 9.17) is 9.72 Å². The molecule has 1 aliphatic carbocycles. The van der Waals surface area contributed by atoms with Crippen LogP contribution >= 0.6 is 0 Å². The van der Waals surface area contributed by atoms with E-state index in [-0.39, 0.29) is 11.1 Å². The lowest BCUT2D eigenvalue weighted by atomic mass is 9.90. The quantitative estimate of drug-likeness (QED) is 0.751. The summed E-state index contributed by atoms with van der Waals surface area (Å²) in [5.41, 5.74) is 3.59. The number of carbonyl (C=O) groups is 1. The summed E-state index contributed by atoms with van der Waals surface area (Å²) in [6.45, 7) is 2.52. The normalized spacial score (nSPS) is 14.8. The van der Waals surface area contributed by atoms with Crippen molar-refractivity contribution in [2.45, 2.75) is 26.2 Å². The largest absolute Gasteiger partial charge is 0.493 e. The lowest BCUT2D eigenvalue weighted by Crippen LogP contribution is -2.25. The van der Waals surface area contributed by atoms with E-state index in [0.29, 0.717) is 29.9 Å². The van der Waals surface area contributed by atoms with Crippen LogP contribution in [0.25, 0.3) is 17.3 Å². The number of pyridine rings is 1. The number of hydrogen-bond donors (Lipinski definition) is 1. The number of para-hydroxylation sites is 1. The van der Waals surface area contributed by atoms with Crippen LogP contribution in [0.5, 0.6) is 5.75 Å². The molecule has 6 heteroatoms. The van der Waals surface area contributed by atoms with Crippen LogP contribution in [-0.4, -0.2) is 27.1 Å². The predicted molar refractivity (Wildman–Crippen MR) is 107 cm³/mol. The van der Waals surface area contributed by atoms with Crippen LogP contribution in [-0.2, 0) is 6.42 Å². The van der Waals surface area contributed by atoms with Crippen LogP contribution in [0.1, 0.15) is 46.9 Å². The highest BCUT2D eigenvalue weighted by molar-refractivity contribution is 5.88. The lowest BCUT2D eigenvalue weighted by molar-refractivity contribution is 0.0696. The maximum atomic E-state index is 13.0. The van der Waals surface area contributed by atoms with Gasteiger partial charge in [-0.05, 0) is 56.0 Å². The number of carboxylic acid groups (broad SMARTS) is 1. The van der Waals surface area contributed by atoms with Crippen molar-refractivity contribution in [3.63, 3.8) is 0 Å². The summed E-state index contributed by atoms with van der Waals surface area (Å²) in [4.78, 5) is 28.9. The summed E-state index contributed by atoms with van der Waals surface area (Å²) in [7, 11) is 0. The molecule has 0 aliphatic heterocycles. The molecule has 4 rings (SSSR count). The smallest absolute Gasteiger partial charge is 0.337 e. The molecule has 6 nitrogen and oxygen atoms in total. The highest BCUT2D eigenvalue weighted by Crippen LogP contribution is 2.32. The number of ether oxygens (including phenoxy) is 1. The first-order valence-electron chi connectivity index (χ1n) is 9.30. The molecule has 0 atom stereocenters. The van der Waals surface area contributed by atoms with Gasteiger partial charge in [-0.25, -0.2) is 9.78 Å². The van der Waals surface area contributed by atoms with Gasteiger partial charge in [0.15, 0.2) is 0 Å². The molecule has 0 amide bonds. The first-order valence-corrected chi connectivity index (χ1v) is 9.30. The molecule has 1 aliphatic rings. The maximum absolute atomic E-state index is 13.0. The van der Waals surface area contributed by atoms with Gasteiger partial charge in [0.2, 0.25) is 0 Å². The fraction of sp³-hybridized carbons (Fsp3) is 0.227. The number of hydrogen-bond acceptors (Lipinski definition) is 4. The molecule has 1 N–H and O–H groups in total. The van der Waals surface area contributed by atoms with E-state index in [9.17, 15) is 14.7 Å². The monoisotopic (exact) mass is 376 g/mol. The van der Waals surface area contributed by atoms with Crippen molar-refractivity contribution in [3.05, 3.63) is 75.3 Å². The Kier molecular flexibility index (Phi) is 4.69. The Morgan fingerprint density at radius 2 is 2.07 bits per heavy atom. The molecule has 1 aromatic carbocycles. The highest BCUT2D eigenvalue weighted by Gasteiger charge is 2.21. The topological polar surface area (TPSA) is 80.9 Å². The molecule has 0 fully saturated rings. The first-order chi connectivity index (χ1) is 13.6. The number of aromatic nitrogens is 2. The highest BCUT2D eigenvalue weighted by atomic mass is 16.5. The Balaban J connectivity index is 1.88. The molecule has 0 saturated heterocycles. The number of fused-ring (bicyclic) bond motifs is 2. The Hall–Kier alpha value is -3.41. The van der Waals surface area contributed by atoms with Crippen molar-refractivity contribution in [1.29, 1.82) is 0 Å².